The molecule has 2 aliphatic heterocycles. The second-order valence-corrected chi connectivity index (χ2v) is 8.12. The number of nitrogens with one attached hydrogen (secondary N) is 4. The van der Waals surface area contributed by atoms with Crippen LogP contribution in [0.3, 0.4) is 0 Å². The molecule has 0 saturated carbocycles. The molecule has 26 heavy (non-hydrogen) atoms. The van der Waals surface area contributed by atoms with Crippen molar-refractivity contribution >= 4 is 34.7 Å². The third-order valence-electron chi connectivity index (χ3n) is 4.97. The molecule has 0 radical (unpaired) electrons. The van der Waals surface area contributed by atoms with Crippen molar-refractivity contribution in [2.75, 3.05) is 5.75 Å². The fourth-order valence-electron chi connectivity index (χ4n) is 3.63. The number of rotatable bonds is 7. The molecule has 0 spiro atoms. The summed E-state index contributed by atoms with van der Waals surface area (Å²) in [6.45, 7) is 0.424. The van der Waals surface area contributed by atoms with Crippen LogP contribution in [0.25, 0.3) is 11.0 Å². The van der Waals surface area contributed by atoms with Gasteiger partial charge in [-0.1, -0.05) is 18.6 Å². The molecule has 4 rings (SSSR count). The first-order valence-corrected chi connectivity index (χ1v) is 10.1. The van der Waals surface area contributed by atoms with E-state index >= 15 is 0 Å². The first kappa shape index (κ1) is 17.2. The van der Waals surface area contributed by atoms with Crippen molar-refractivity contribution in [3.63, 3.8) is 0 Å². The number of nitrogens with zero attached hydrogens (tertiary/aromatic N) is 1. The number of hydrogen-bond acceptors (Lipinski definition) is 4. The Labute approximate surface area is 156 Å². The number of carbonyl (C=O) groups excluding carboxylic acids is 2. The second kappa shape index (κ2) is 7.57. The zero-order chi connectivity index (χ0) is 17.9. The molecule has 0 bridgehead atoms. The fourth-order valence-corrected chi connectivity index (χ4v) is 5.18. The van der Waals surface area contributed by atoms with Crippen molar-refractivity contribution in [1.82, 2.24) is 25.9 Å². The molecule has 3 amide bonds. The van der Waals surface area contributed by atoms with Crippen LogP contribution in [0, 0.1) is 0 Å². The van der Waals surface area contributed by atoms with Gasteiger partial charge in [0.05, 0.1) is 29.7 Å². The summed E-state index contributed by atoms with van der Waals surface area (Å²) in [4.78, 5) is 31.1. The number of benzene rings is 1. The molecule has 3 atom stereocenters. The average molecular weight is 373 g/mol. The van der Waals surface area contributed by atoms with E-state index in [-0.39, 0.29) is 24.0 Å². The lowest BCUT2D eigenvalue weighted by molar-refractivity contribution is -0.121. The number of para-hydroxylation sites is 2. The van der Waals surface area contributed by atoms with Crippen molar-refractivity contribution in [2.24, 2.45) is 0 Å². The maximum absolute atomic E-state index is 12.0. The van der Waals surface area contributed by atoms with E-state index in [1.54, 1.807) is 0 Å². The van der Waals surface area contributed by atoms with Crippen LogP contribution in [-0.2, 0) is 11.3 Å². The number of carbonyl (C=O) groups is 2. The summed E-state index contributed by atoms with van der Waals surface area (Å²) in [7, 11) is 0. The highest BCUT2D eigenvalue weighted by Gasteiger charge is 2.42. The molecular weight excluding hydrogens is 350 g/mol. The Bertz CT molecular complexity index is 775. The summed E-state index contributed by atoms with van der Waals surface area (Å²) >= 11 is 1.91. The number of aromatic amines is 1. The number of hydrogen-bond donors (Lipinski definition) is 4. The maximum atomic E-state index is 12.0. The molecule has 3 heterocycles. The number of thioether (sulfide) groups is 1. The average Bonchev–Trinajstić information content (AvgIpc) is 3.30. The minimum absolute atomic E-state index is 0.0461. The SMILES string of the molecule is O=C(CCCC[C@@H]1SC[C@H]2NC(=O)N[C@@H]12)NCc1nc2ccccc2[nH]1. The van der Waals surface area contributed by atoms with Crippen molar-refractivity contribution in [3.8, 4) is 0 Å². The van der Waals surface area contributed by atoms with Crippen LogP contribution in [0.4, 0.5) is 4.79 Å². The highest BCUT2D eigenvalue weighted by Crippen LogP contribution is 2.33. The number of imidazole rings is 1. The number of fused-ring (bicyclic) bond motifs is 2. The quantitative estimate of drug-likeness (QED) is 0.440. The van der Waals surface area contributed by atoms with Crippen molar-refractivity contribution in [1.29, 1.82) is 0 Å². The third-order valence-corrected chi connectivity index (χ3v) is 6.48. The van der Waals surface area contributed by atoms with E-state index in [2.05, 4.69) is 25.9 Å². The lowest BCUT2D eigenvalue weighted by Gasteiger charge is -2.16. The standard InChI is InChI=1S/C18H23N5O2S/c24-16(19-9-15-20-11-5-1-2-6-12(11)21-15)8-4-3-7-14-17-13(10-26-14)22-18(25)23-17/h1-2,5-6,13-14,17H,3-4,7-10H2,(H,19,24)(H,20,21)(H2,22,23,25)/t13-,14+,17-/m1/s1. The summed E-state index contributed by atoms with van der Waals surface area (Å²) < 4.78 is 0. The molecule has 2 aliphatic rings. The van der Waals surface area contributed by atoms with Gasteiger partial charge in [-0.05, 0) is 25.0 Å². The van der Waals surface area contributed by atoms with E-state index in [4.69, 9.17) is 0 Å². The topological polar surface area (TPSA) is 98.9 Å². The van der Waals surface area contributed by atoms with Crippen LogP contribution < -0.4 is 16.0 Å². The van der Waals surface area contributed by atoms with Gasteiger partial charge in [-0.2, -0.15) is 11.8 Å². The van der Waals surface area contributed by atoms with Crippen LogP contribution in [0.2, 0.25) is 0 Å². The summed E-state index contributed by atoms with van der Waals surface area (Å²) in [6.07, 6.45) is 3.41. The van der Waals surface area contributed by atoms with E-state index in [1.165, 1.54) is 0 Å². The molecule has 2 saturated heterocycles. The first-order chi connectivity index (χ1) is 12.7. The summed E-state index contributed by atoms with van der Waals surface area (Å²) in [5.41, 5.74) is 1.90. The second-order valence-electron chi connectivity index (χ2n) is 6.85. The molecule has 0 unspecified atom stereocenters. The van der Waals surface area contributed by atoms with Gasteiger partial charge in [0.25, 0.3) is 0 Å². The Kier molecular flexibility index (Phi) is 5.01. The van der Waals surface area contributed by atoms with Gasteiger partial charge in [0, 0.05) is 17.4 Å². The third kappa shape index (κ3) is 3.80. The number of unbranched alkanes of at least 4 members (excludes halogenated alkanes) is 1. The molecule has 138 valence electrons. The van der Waals surface area contributed by atoms with Crippen molar-refractivity contribution in [2.45, 2.75) is 49.6 Å². The van der Waals surface area contributed by atoms with Crippen molar-refractivity contribution < 1.29 is 9.59 Å². The monoisotopic (exact) mass is 373 g/mol. The summed E-state index contributed by atoms with van der Waals surface area (Å²) in [5.74, 6) is 1.81. The molecule has 1 aromatic carbocycles. The van der Waals surface area contributed by atoms with Gasteiger partial charge in [-0.25, -0.2) is 9.78 Å². The van der Waals surface area contributed by atoms with Gasteiger partial charge in [-0.15, -0.1) is 0 Å². The van der Waals surface area contributed by atoms with Gasteiger partial charge in [0.15, 0.2) is 0 Å². The van der Waals surface area contributed by atoms with Crippen LogP contribution in [0.15, 0.2) is 24.3 Å². The van der Waals surface area contributed by atoms with E-state index in [0.717, 1.165) is 41.9 Å². The highest BCUT2D eigenvalue weighted by molar-refractivity contribution is 8.00. The Balaban J connectivity index is 1.15. The van der Waals surface area contributed by atoms with Gasteiger partial charge in [-0.3, -0.25) is 4.79 Å². The van der Waals surface area contributed by atoms with Gasteiger partial charge >= 0.3 is 6.03 Å². The molecule has 2 aromatic rings. The molecule has 8 heteroatoms. The minimum atomic E-state index is -0.0461. The fraction of sp³-hybridized carbons (Fsp3) is 0.500. The van der Waals surface area contributed by atoms with Crippen LogP contribution >= 0.6 is 11.8 Å². The molecule has 2 fully saturated rings. The smallest absolute Gasteiger partial charge is 0.315 e. The van der Waals surface area contributed by atoms with Gasteiger partial charge < -0.3 is 20.9 Å². The zero-order valence-electron chi connectivity index (χ0n) is 14.5. The Morgan fingerprint density at radius 2 is 2.15 bits per heavy atom. The molecule has 1 aromatic heterocycles. The Morgan fingerprint density at radius 1 is 1.27 bits per heavy atom. The zero-order valence-corrected chi connectivity index (χ0v) is 15.3. The number of urea groups is 1. The summed E-state index contributed by atoms with van der Waals surface area (Å²) in [6, 6.07) is 8.30. The lowest BCUT2D eigenvalue weighted by atomic mass is 10.0. The normalized spacial score (nSPS) is 24.3. The molecular formula is C18H23N5O2S. The largest absolute Gasteiger partial charge is 0.349 e. The molecule has 0 aliphatic carbocycles. The number of H-pyrrole nitrogens is 1. The number of aromatic nitrogens is 2. The lowest BCUT2D eigenvalue weighted by Crippen LogP contribution is -2.36. The molecule has 4 N–H and O–H groups in total. The van der Waals surface area contributed by atoms with Gasteiger partial charge in [0.1, 0.15) is 5.82 Å². The van der Waals surface area contributed by atoms with Crippen LogP contribution in [0.5, 0.6) is 0 Å². The Hall–Kier alpha value is -2.22. The highest BCUT2D eigenvalue weighted by atomic mass is 32.2. The van der Waals surface area contributed by atoms with Crippen LogP contribution in [0.1, 0.15) is 31.5 Å². The predicted octanol–water partition coefficient (Wildman–Crippen LogP) is 1.90. The van der Waals surface area contributed by atoms with E-state index < -0.39 is 0 Å². The van der Waals surface area contributed by atoms with E-state index in [9.17, 15) is 9.59 Å². The van der Waals surface area contributed by atoms with E-state index in [0.29, 0.717) is 18.2 Å². The van der Waals surface area contributed by atoms with Gasteiger partial charge in [0.2, 0.25) is 5.91 Å². The number of amides is 3. The van der Waals surface area contributed by atoms with Crippen molar-refractivity contribution in [3.05, 3.63) is 30.1 Å². The van der Waals surface area contributed by atoms with Crippen LogP contribution in [-0.4, -0.2) is 45.0 Å². The van der Waals surface area contributed by atoms with E-state index in [1.807, 2.05) is 36.0 Å². The summed E-state index contributed by atoms with van der Waals surface area (Å²) in [5, 5.41) is 9.34. The first-order valence-electron chi connectivity index (χ1n) is 9.08. The minimum Gasteiger partial charge on any atom is -0.349 e. The predicted molar refractivity (Wildman–Crippen MR) is 102 cm³/mol. The Morgan fingerprint density at radius 3 is 3.04 bits per heavy atom. The maximum Gasteiger partial charge on any atom is 0.315 e. The molecule has 7 nitrogen and oxygen atoms in total.